The second-order valence-corrected chi connectivity index (χ2v) is 4.61. The van der Waals surface area contributed by atoms with E-state index in [0.717, 1.165) is 0 Å². The predicted octanol–water partition coefficient (Wildman–Crippen LogP) is 2.84. The van der Waals surface area contributed by atoms with Crippen LogP contribution in [0.3, 0.4) is 0 Å². The number of nitro benzene ring substituents is 1. The Morgan fingerprint density at radius 2 is 2.29 bits per heavy atom. The van der Waals surface area contributed by atoms with Crippen molar-refractivity contribution in [1.82, 2.24) is 10.2 Å². The molecular weight excluding hydrogens is 365 g/mol. The monoisotopic (exact) mass is 367 g/mol. The molecule has 5 nitrogen and oxygen atoms in total. The SMILES string of the molecule is O=[N+]([O-])c1cc(Br)cc2n[nH]c(I)c12. The first-order chi connectivity index (χ1) is 6.59. The first-order valence-electron chi connectivity index (χ1n) is 3.57. The van der Waals surface area contributed by atoms with Gasteiger partial charge in [-0.3, -0.25) is 15.2 Å². The summed E-state index contributed by atoms with van der Waals surface area (Å²) in [6.45, 7) is 0. The van der Waals surface area contributed by atoms with Crippen LogP contribution >= 0.6 is 38.5 Å². The van der Waals surface area contributed by atoms with Gasteiger partial charge >= 0.3 is 0 Å². The first kappa shape index (κ1) is 9.84. The van der Waals surface area contributed by atoms with Crippen LogP contribution in [0, 0.1) is 13.8 Å². The molecule has 1 aromatic carbocycles. The van der Waals surface area contributed by atoms with Crippen molar-refractivity contribution in [3.63, 3.8) is 0 Å². The largest absolute Gasteiger partial charge is 0.282 e. The zero-order valence-corrected chi connectivity index (χ0v) is 10.4. The van der Waals surface area contributed by atoms with Crippen molar-refractivity contribution in [3.8, 4) is 0 Å². The molecule has 72 valence electrons. The molecule has 0 spiro atoms. The number of halogens is 2. The number of aromatic nitrogens is 2. The summed E-state index contributed by atoms with van der Waals surface area (Å²) >= 11 is 5.19. The number of non-ortho nitro benzene ring substituents is 1. The maximum atomic E-state index is 10.8. The van der Waals surface area contributed by atoms with Crippen molar-refractivity contribution >= 4 is 55.1 Å². The molecule has 0 aliphatic carbocycles. The van der Waals surface area contributed by atoms with Crippen LogP contribution in [0.1, 0.15) is 0 Å². The lowest BCUT2D eigenvalue weighted by Crippen LogP contribution is -1.89. The van der Waals surface area contributed by atoms with Crippen molar-refractivity contribution in [3.05, 3.63) is 30.4 Å². The van der Waals surface area contributed by atoms with Crippen molar-refractivity contribution in [1.29, 1.82) is 0 Å². The van der Waals surface area contributed by atoms with Gasteiger partial charge in [-0.15, -0.1) is 0 Å². The summed E-state index contributed by atoms with van der Waals surface area (Å²) in [5.41, 5.74) is 0.656. The molecule has 0 bridgehead atoms. The van der Waals surface area contributed by atoms with Gasteiger partial charge < -0.3 is 0 Å². The Labute approximate surface area is 100 Å². The van der Waals surface area contributed by atoms with Crippen molar-refractivity contribution in [2.75, 3.05) is 0 Å². The molecule has 0 atom stereocenters. The van der Waals surface area contributed by atoms with Crippen LogP contribution in [-0.2, 0) is 0 Å². The zero-order valence-electron chi connectivity index (χ0n) is 6.62. The summed E-state index contributed by atoms with van der Waals surface area (Å²) in [5.74, 6) is 0. The van der Waals surface area contributed by atoms with Gasteiger partial charge in [-0.1, -0.05) is 15.9 Å². The maximum Gasteiger partial charge on any atom is 0.282 e. The Kier molecular flexibility index (Phi) is 2.43. The van der Waals surface area contributed by atoms with Gasteiger partial charge in [0, 0.05) is 10.5 Å². The van der Waals surface area contributed by atoms with Gasteiger partial charge in [0.1, 0.15) is 14.6 Å². The average molecular weight is 368 g/mol. The van der Waals surface area contributed by atoms with Crippen molar-refractivity contribution in [2.45, 2.75) is 0 Å². The van der Waals surface area contributed by atoms with Gasteiger partial charge in [-0.2, -0.15) is 5.10 Å². The lowest BCUT2D eigenvalue weighted by molar-refractivity contribution is -0.383. The number of aromatic amines is 1. The highest BCUT2D eigenvalue weighted by Gasteiger charge is 2.17. The van der Waals surface area contributed by atoms with Crippen LogP contribution in [0.15, 0.2) is 16.6 Å². The molecule has 0 amide bonds. The fraction of sp³-hybridized carbons (Fsp3) is 0. The number of rotatable bonds is 1. The van der Waals surface area contributed by atoms with E-state index in [9.17, 15) is 10.1 Å². The van der Waals surface area contributed by atoms with Gasteiger partial charge in [0.2, 0.25) is 0 Å². The van der Waals surface area contributed by atoms with Crippen LogP contribution < -0.4 is 0 Å². The van der Waals surface area contributed by atoms with E-state index in [1.807, 2.05) is 22.6 Å². The number of nitrogens with one attached hydrogen (secondary N) is 1. The average Bonchev–Trinajstić information content (AvgIpc) is 2.46. The normalized spacial score (nSPS) is 10.7. The molecule has 0 saturated heterocycles. The van der Waals surface area contributed by atoms with Gasteiger partial charge in [0.25, 0.3) is 5.69 Å². The number of nitro groups is 1. The quantitative estimate of drug-likeness (QED) is 0.478. The fourth-order valence-electron chi connectivity index (χ4n) is 1.20. The van der Waals surface area contributed by atoms with Crippen LogP contribution in [0.25, 0.3) is 10.9 Å². The van der Waals surface area contributed by atoms with Crippen molar-refractivity contribution in [2.24, 2.45) is 0 Å². The molecule has 7 heteroatoms. The Morgan fingerprint density at radius 1 is 1.57 bits per heavy atom. The summed E-state index contributed by atoms with van der Waals surface area (Å²) in [6.07, 6.45) is 0. The minimum Gasteiger partial charge on any atom is -0.271 e. The molecule has 0 aliphatic rings. The maximum absolute atomic E-state index is 10.8. The highest BCUT2D eigenvalue weighted by atomic mass is 127. The second-order valence-electron chi connectivity index (χ2n) is 2.61. The third-order valence-electron chi connectivity index (χ3n) is 1.75. The summed E-state index contributed by atoms with van der Waals surface area (Å²) in [5, 5.41) is 18.0. The van der Waals surface area contributed by atoms with E-state index >= 15 is 0 Å². The molecule has 0 aliphatic heterocycles. The van der Waals surface area contributed by atoms with Crippen molar-refractivity contribution < 1.29 is 4.92 Å². The van der Waals surface area contributed by atoms with E-state index in [1.165, 1.54) is 6.07 Å². The molecule has 2 rings (SSSR count). The third-order valence-corrected chi connectivity index (χ3v) is 2.99. The minimum atomic E-state index is -0.412. The Morgan fingerprint density at radius 3 is 2.93 bits per heavy atom. The van der Waals surface area contributed by atoms with Crippen LogP contribution in [-0.4, -0.2) is 15.1 Å². The topological polar surface area (TPSA) is 71.8 Å². The Bertz CT molecular complexity index is 525. The summed E-state index contributed by atoms with van der Waals surface area (Å²) < 4.78 is 1.33. The number of H-pyrrole nitrogens is 1. The highest BCUT2D eigenvalue weighted by Crippen LogP contribution is 2.31. The van der Waals surface area contributed by atoms with Crippen LogP contribution in [0.5, 0.6) is 0 Å². The molecule has 2 aromatic rings. The molecule has 0 unspecified atom stereocenters. The van der Waals surface area contributed by atoms with E-state index in [4.69, 9.17) is 0 Å². The summed E-state index contributed by atoms with van der Waals surface area (Å²) in [4.78, 5) is 10.3. The Balaban J connectivity index is 2.90. The molecule has 0 saturated carbocycles. The highest BCUT2D eigenvalue weighted by molar-refractivity contribution is 14.1. The van der Waals surface area contributed by atoms with Gasteiger partial charge in [-0.25, -0.2) is 0 Å². The Hall–Kier alpha value is -0.700. The lowest BCUT2D eigenvalue weighted by atomic mass is 10.2. The molecule has 14 heavy (non-hydrogen) atoms. The molecule has 1 aromatic heterocycles. The molecule has 0 fully saturated rings. The van der Waals surface area contributed by atoms with E-state index in [0.29, 0.717) is 19.1 Å². The predicted molar refractivity (Wildman–Crippen MR) is 63.2 cm³/mol. The summed E-state index contributed by atoms with van der Waals surface area (Å²) in [7, 11) is 0. The minimum absolute atomic E-state index is 0.0625. The van der Waals surface area contributed by atoms with E-state index in [1.54, 1.807) is 6.07 Å². The molecule has 1 N–H and O–H groups in total. The zero-order chi connectivity index (χ0) is 10.3. The number of nitrogens with zero attached hydrogens (tertiary/aromatic N) is 2. The van der Waals surface area contributed by atoms with Crippen LogP contribution in [0.4, 0.5) is 5.69 Å². The number of hydrogen-bond donors (Lipinski definition) is 1. The standard InChI is InChI=1S/C7H3BrIN3O2/c8-3-1-4-6(7(9)11-10-4)5(2-3)12(13)14/h1-2H,(H,10,11). The molecule has 1 heterocycles. The molecular formula is C7H3BrIN3O2. The van der Waals surface area contributed by atoms with Gasteiger partial charge in [0.05, 0.1) is 4.92 Å². The number of benzene rings is 1. The number of hydrogen-bond acceptors (Lipinski definition) is 3. The van der Waals surface area contributed by atoms with E-state index < -0.39 is 4.92 Å². The lowest BCUT2D eigenvalue weighted by Gasteiger charge is -1.94. The van der Waals surface area contributed by atoms with E-state index in [-0.39, 0.29) is 5.69 Å². The first-order valence-corrected chi connectivity index (χ1v) is 5.44. The van der Waals surface area contributed by atoms with Gasteiger partial charge in [-0.05, 0) is 28.7 Å². The molecule has 0 radical (unpaired) electrons. The second kappa shape index (κ2) is 3.46. The summed E-state index contributed by atoms with van der Waals surface area (Å²) in [6, 6.07) is 3.21. The smallest absolute Gasteiger partial charge is 0.271 e. The fourth-order valence-corrected chi connectivity index (χ4v) is 2.31. The number of fused-ring (bicyclic) bond motifs is 1. The van der Waals surface area contributed by atoms with E-state index in [2.05, 4.69) is 26.1 Å². The van der Waals surface area contributed by atoms with Gasteiger partial charge in [0.15, 0.2) is 0 Å². The third kappa shape index (κ3) is 1.50. The van der Waals surface area contributed by atoms with Crippen LogP contribution in [0.2, 0.25) is 0 Å².